The van der Waals surface area contributed by atoms with Crippen molar-refractivity contribution < 1.29 is 9.84 Å². The second-order valence-electron chi connectivity index (χ2n) is 5.23. The Kier molecular flexibility index (Phi) is 5.33. The molecule has 1 N–H and O–H groups in total. The Morgan fingerprint density at radius 1 is 1.24 bits per heavy atom. The van der Waals surface area contributed by atoms with E-state index < -0.39 is 0 Å². The Morgan fingerprint density at radius 3 is 2.57 bits per heavy atom. The molecule has 0 unspecified atom stereocenters. The molecule has 0 amide bonds. The van der Waals surface area contributed by atoms with Gasteiger partial charge in [-0.3, -0.25) is 0 Å². The first-order valence-electron chi connectivity index (χ1n) is 7.38. The van der Waals surface area contributed by atoms with E-state index in [1.54, 1.807) is 0 Å². The first-order chi connectivity index (χ1) is 10.2. The smallest absolute Gasteiger partial charge is 0.132 e. The van der Waals surface area contributed by atoms with Crippen molar-refractivity contribution in [3.8, 4) is 5.75 Å². The molecule has 21 heavy (non-hydrogen) atoms. The van der Waals surface area contributed by atoms with E-state index in [0.717, 1.165) is 42.0 Å². The van der Waals surface area contributed by atoms with Crippen LogP contribution in [0, 0.1) is 13.8 Å². The van der Waals surface area contributed by atoms with Crippen LogP contribution in [0.5, 0.6) is 5.75 Å². The number of hydrogen-bond acceptors (Lipinski definition) is 4. The maximum atomic E-state index is 9.39. The van der Waals surface area contributed by atoms with Gasteiger partial charge in [-0.25, -0.2) is 4.68 Å². The zero-order valence-corrected chi connectivity index (χ0v) is 13.0. The number of aromatic nitrogens is 3. The zero-order valence-electron chi connectivity index (χ0n) is 13.0. The van der Waals surface area contributed by atoms with E-state index in [1.807, 2.05) is 36.7 Å². The number of aryl methyl sites for hydroxylation is 3. The molecule has 0 atom stereocenters. The van der Waals surface area contributed by atoms with Crippen molar-refractivity contribution >= 4 is 0 Å². The largest absolute Gasteiger partial charge is 0.487 e. The van der Waals surface area contributed by atoms with Crippen LogP contribution in [0.25, 0.3) is 0 Å². The van der Waals surface area contributed by atoms with Gasteiger partial charge >= 0.3 is 0 Å². The van der Waals surface area contributed by atoms with Crippen molar-refractivity contribution in [1.29, 1.82) is 0 Å². The highest BCUT2D eigenvalue weighted by Crippen LogP contribution is 2.23. The third-order valence-corrected chi connectivity index (χ3v) is 3.55. The molecule has 0 aliphatic rings. The van der Waals surface area contributed by atoms with Gasteiger partial charge in [0.1, 0.15) is 23.7 Å². The van der Waals surface area contributed by atoms with Gasteiger partial charge in [0, 0.05) is 6.54 Å². The molecule has 1 aromatic heterocycles. The second kappa shape index (κ2) is 7.22. The number of aliphatic hydroxyl groups is 1. The van der Waals surface area contributed by atoms with Gasteiger partial charge in [-0.05, 0) is 31.4 Å². The van der Waals surface area contributed by atoms with Crippen LogP contribution in [0.2, 0.25) is 0 Å². The topological polar surface area (TPSA) is 60.2 Å². The first kappa shape index (κ1) is 15.5. The molecule has 114 valence electrons. The first-order valence-corrected chi connectivity index (χ1v) is 7.38. The third-order valence-electron chi connectivity index (χ3n) is 3.55. The number of aliphatic hydroxyl groups excluding tert-OH is 1. The van der Waals surface area contributed by atoms with Crippen LogP contribution in [0.3, 0.4) is 0 Å². The van der Waals surface area contributed by atoms with Crippen molar-refractivity contribution in [2.24, 2.45) is 0 Å². The lowest BCUT2D eigenvalue weighted by Gasteiger charge is -2.13. The van der Waals surface area contributed by atoms with Crippen molar-refractivity contribution in [2.45, 2.75) is 53.4 Å². The Morgan fingerprint density at radius 2 is 1.95 bits per heavy atom. The number of benzene rings is 1. The van der Waals surface area contributed by atoms with E-state index in [2.05, 4.69) is 17.2 Å². The van der Waals surface area contributed by atoms with E-state index >= 15 is 0 Å². The number of ether oxygens (including phenoxy) is 1. The molecule has 2 rings (SSSR count). The Labute approximate surface area is 125 Å². The van der Waals surface area contributed by atoms with Crippen LogP contribution in [-0.2, 0) is 19.8 Å². The number of nitrogens with zero attached hydrogens (tertiary/aromatic N) is 3. The zero-order chi connectivity index (χ0) is 15.2. The van der Waals surface area contributed by atoms with E-state index in [1.165, 1.54) is 0 Å². The number of unbranched alkanes of at least 4 members (excludes halogenated alkanes) is 1. The lowest BCUT2D eigenvalue weighted by atomic mass is 10.1. The Bertz CT molecular complexity index is 573. The molecule has 5 heteroatoms. The van der Waals surface area contributed by atoms with E-state index in [-0.39, 0.29) is 6.61 Å². The van der Waals surface area contributed by atoms with Crippen LogP contribution in [0.15, 0.2) is 18.2 Å². The lowest BCUT2D eigenvalue weighted by molar-refractivity contribution is 0.260. The quantitative estimate of drug-likeness (QED) is 0.851. The van der Waals surface area contributed by atoms with Crippen LogP contribution in [-0.4, -0.2) is 20.1 Å². The molecule has 0 radical (unpaired) electrons. The summed E-state index contributed by atoms with van der Waals surface area (Å²) in [7, 11) is 0. The molecule has 5 nitrogen and oxygen atoms in total. The molecule has 1 heterocycles. The Balaban J connectivity index is 2.17. The van der Waals surface area contributed by atoms with Crippen LogP contribution in [0.1, 0.15) is 42.3 Å². The van der Waals surface area contributed by atoms with Crippen LogP contribution >= 0.6 is 0 Å². The summed E-state index contributed by atoms with van der Waals surface area (Å²) in [5.74, 6) is 0.893. The number of para-hydroxylation sites is 1. The van der Waals surface area contributed by atoms with Gasteiger partial charge in [0.15, 0.2) is 0 Å². The minimum atomic E-state index is -0.114. The summed E-state index contributed by atoms with van der Waals surface area (Å²) in [4.78, 5) is 0. The van der Waals surface area contributed by atoms with E-state index in [0.29, 0.717) is 12.3 Å². The molecule has 0 aliphatic carbocycles. The number of rotatable bonds is 7. The predicted octanol–water partition coefficient (Wildman–Crippen LogP) is 2.77. The summed E-state index contributed by atoms with van der Waals surface area (Å²) in [5.41, 5.74) is 3.66. The minimum absolute atomic E-state index is 0.114. The molecular formula is C16H23N3O2. The summed E-state index contributed by atoms with van der Waals surface area (Å²) < 4.78 is 7.80. The standard InChI is InChI=1S/C16H23N3O2/c1-4-5-9-19-15(14(10-20)17-18-19)11-21-16-12(2)7-6-8-13(16)3/h6-8,20H,4-5,9-11H2,1-3H3. The highest BCUT2D eigenvalue weighted by atomic mass is 16.5. The summed E-state index contributed by atoms with van der Waals surface area (Å²) in [6, 6.07) is 6.08. The molecule has 0 aliphatic heterocycles. The molecule has 0 bridgehead atoms. The van der Waals surface area contributed by atoms with Crippen molar-refractivity contribution in [3.05, 3.63) is 40.7 Å². The normalized spacial score (nSPS) is 10.9. The number of hydrogen-bond donors (Lipinski definition) is 1. The summed E-state index contributed by atoms with van der Waals surface area (Å²) >= 11 is 0. The van der Waals surface area contributed by atoms with Gasteiger partial charge in [-0.2, -0.15) is 0 Å². The fraction of sp³-hybridized carbons (Fsp3) is 0.500. The fourth-order valence-corrected chi connectivity index (χ4v) is 2.30. The van der Waals surface area contributed by atoms with Crippen molar-refractivity contribution in [2.75, 3.05) is 0 Å². The summed E-state index contributed by atoms with van der Waals surface area (Å²) in [6.45, 7) is 7.26. The average Bonchev–Trinajstić information content (AvgIpc) is 2.86. The van der Waals surface area contributed by atoms with Gasteiger partial charge in [-0.15, -0.1) is 5.10 Å². The minimum Gasteiger partial charge on any atom is -0.487 e. The van der Waals surface area contributed by atoms with Crippen molar-refractivity contribution in [1.82, 2.24) is 15.0 Å². The van der Waals surface area contributed by atoms with E-state index in [4.69, 9.17) is 4.74 Å². The molecule has 2 aromatic rings. The monoisotopic (exact) mass is 289 g/mol. The molecular weight excluding hydrogens is 266 g/mol. The van der Waals surface area contributed by atoms with Crippen LogP contribution in [0.4, 0.5) is 0 Å². The maximum absolute atomic E-state index is 9.39. The molecule has 1 aromatic carbocycles. The maximum Gasteiger partial charge on any atom is 0.132 e. The van der Waals surface area contributed by atoms with E-state index in [9.17, 15) is 5.11 Å². The summed E-state index contributed by atoms with van der Waals surface area (Å²) in [6.07, 6.45) is 2.12. The Hall–Kier alpha value is -1.88. The van der Waals surface area contributed by atoms with Gasteiger partial charge in [0.25, 0.3) is 0 Å². The lowest BCUT2D eigenvalue weighted by Crippen LogP contribution is -2.10. The molecule has 0 spiro atoms. The highest BCUT2D eigenvalue weighted by Gasteiger charge is 2.13. The predicted molar refractivity (Wildman–Crippen MR) is 81.1 cm³/mol. The van der Waals surface area contributed by atoms with Crippen molar-refractivity contribution in [3.63, 3.8) is 0 Å². The van der Waals surface area contributed by atoms with Gasteiger partial charge in [0.05, 0.1) is 6.61 Å². The highest BCUT2D eigenvalue weighted by molar-refractivity contribution is 5.39. The molecule has 0 fully saturated rings. The van der Waals surface area contributed by atoms with Gasteiger partial charge < -0.3 is 9.84 Å². The third kappa shape index (κ3) is 3.61. The molecule has 0 saturated heterocycles. The van der Waals surface area contributed by atoms with Crippen LogP contribution < -0.4 is 4.74 Å². The van der Waals surface area contributed by atoms with Gasteiger partial charge in [0.2, 0.25) is 0 Å². The molecule has 0 saturated carbocycles. The SMILES string of the molecule is CCCCn1nnc(CO)c1COc1c(C)cccc1C. The average molecular weight is 289 g/mol. The second-order valence-corrected chi connectivity index (χ2v) is 5.23. The van der Waals surface area contributed by atoms with Gasteiger partial charge in [-0.1, -0.05) is 36.8 Å². The summed E-state index contributed by atoms with van der Waals surface area (Å²) in [5, 5.41) is 17.5. The fourth-order valence-electron chi connectivity index (χ4n) is 2.30.